The van der Waals surface area contributed by atoms with Gasteiger partial charge in [0.25, 0.3) is 0 Å². The molecule has 2 fully saturated rings. The second-order valence-corrected chi connectivity index (χ2v) is 7.84. The molecule has 0 unspecified atom stereocenters. The summed E-state index contributed by atoms with van der Waals surface area (Å²) >= 11 is 3.55. The van der Waals surface area contributed by atoms with E-state index in [0.717, 1.165) is 59.1 Å². The average molecular weight is 388 g/mol. The Morgan fingerprint density at radius 1 is 1.25 bits per heavy atom. The number of rotatable bonds is 5. The number of carbonyl (C=O) groups is 1. The molecule has 1 aliphatic heterocycles. The largest absolute Gasteiger partial charge is 0.384 e. The van der Waals surface area contributed by atoms with Crippen LogP contribution in [0.2, 0.25) is 0 Å². The maximum absolute atomic E-state index is 12.7. The normalized spacial score (nSPS) is 18.7. The highest BCUT2D eigenvalue weighted by Gasteiger charge is 2.32. The van der Waals surface area contributed by atoms with Gasteiger partial charge >= 0.3 is 0 Å². The van der Waals surface area contributed by atoms with Crippen molar-refractivity contribution in [2.24, 2.45) is 11.8 Å². The minimum atomic E-state index is 0.204. The number of hydrogen-bond donors (Lipinski definition) is 2. The van der Waals surface area contributed by atoms with Crippen LogP contribution in [0.1, 0.15) is 36.0 Å². The Balaban J connectivity index is 1.69. The molecule has 24 heavy (non-hydrogen) atoms. The van der Waals surface area contributed by atoms with Gasteiger partial charge in [0.2, 0.25) is 0 Å². The SMILES string of the molecule is O=C(c1cnc2ccc(Br)cc2c1NCC1CCNCC1)C1CC1. The molecule has 2 aliphatic rings. The lowest BCUT2D eigenvalue weighted by molar-refractivity contribution is 0.0968. The van der Waals surface area contributed by atoms with Crippen LogP contribution in [0, 0.1) is 11.8 Å². The van der Waals surface area contributed by atoms with Crippen LogP contribution in [0.25, 0.3) is 10.9 Å². The number of Topliss-reactive ketones (excluding diaryl/α,β-unsaturated/α-hetero) is 1. The summed E-state index contributed by atoms with van der Waals surface area (Å²) in [5.41, 5.74) is 2.66. The van der Waals surface area contributed by atoms with Crippen LogP contribution in [0.5, 0.6) is 0 Å². The van der Waals surface area contributed by atoms with E-state index in [9.17, 15) is 4.79 Å². The Morgan fingerprint density at radius 2 is 2.04 bits per heavy atom. The van der Waals surface area contributed by atoms with E-state index in [1.54, 1.807) is 6.20 Å². The van der Waals surface area contributed by atoms with Gasteiger partial charge in [0.15, 0.2) is 5.78 Å². The first-order valence-electron chi connectivity index (χ1n) is 8.79. The molecule has 4 nitrogen and oxygen atoms in total. The van der Waals surface area contributed by atoms with Crippen molar-refractivity contribution in [3.63, 3.8) is 0 Å². The molecule has 5 heteroatoms. The van der Waals surface area contributed by atoms with Crippen LogP contribution in [0.4, 0.5) is 5.69 Å². The van der Waals surface area contributed by atoms with Crippen LogP contribution in [0.15, 0.2) is 28.9 Å². The summed E-state index contributed by atoms with van der Waals surface area (Å²) in [6.45, 7) is 3.09. The molecule has 2 N–H and O–H groups in total. The molecule has 0 bridgehead atoms. The van der Waals surface area contributed by atoms with E-state index >= 15 is 0 Å². The van der Waals surface area contributed by atoms with Crippen LogP contribution < -0.4 is 10.6 Å². The number of nitrogens with one attached hydrogen (secondary N) is 2. The van der Waals surface area contributed by atoms with E-state index in [1.807, 2.05) is 12.1 Å². The second-order valence-electron chi connectivity index (χ2n) is 6.92. The highest BCUT2D eigenvalue weighted by molar-refractivity contribution is 9.10. The lowest BCUT2D eigenvalue weighted by atomic mass is 9.97. The molecule has 1 aliphatic carbocycles. The van der Waals surface area contributed by atoms with E-state index in [-0.39, 0.29) is 11.7 Å². The molecule has 0 atom stereocenters. The molecule has 1 saturated carbocycles. The van der Waals surface area contributed by atoms with Crippen molar-refractivity contribution in [2.45, 2.75) is 25.7 Å². The number of hydrogen-bond acceptors (Lipinski definition) is 4. The zero-order valence-corrected chi connectivity index (χ0v) is 15.2. The number of benzene rings is 1. The highest BCUT2D eigenvalue weighted by atomic mass is 79.9. The predicted molar refractivity (Wildman–Crippen MR) is 101 cm³/mol. The Kier molecular flexibility index (Phi) is 4.55. The van der Waals surface area contributed by atoms with Gasteiger partial charge in [-0.25, -0.2) is 0 Å². The van der Waals surface area contributed by atoms with E-state index in [2.05, 4.69) is 37.6 Å². The molecule has 2 aromatic rings. The predicted octanol–water partition coefficient (Wildman–Crippen LogP) is 4.00. The Morgan fingerprint density at radius 3 is 2.79 bits per heavy atom. The third-order valence-corrected chi connectivity index (χ3v) is 5.56. The summed E-state index contributed by atoms with van der Waals surface area (Å²) in [4.78, 5) is 17.2. The molecule has 0 radical (unpaired) electrons. The molecule has 1 aromatic carbocycles. The van der Waals surface area contributed by atoms with Crippen LogP contribution >= 0.6 is 15.9 Å². The van der Waals surface area contributed by atoms with Crippen molar-refractivity contribution in [3.05, 3.63) is 34.4 Å². The quantitative estimate of drug-likeness (QED) is 0.761. The lowest BCUT2D eigenvalue weighted by Gasteiger charge is -2.24. The maximum atomic E-state index is 12.7. The Bertz CT molecular complexity index is 767. The van der Waals surface area contributed by atoms with Gasteiger partial charge in [-0.3, -0.25) is 9.78 Å². The Hall–Kier alpha value is -1.46. The van der Waals surface area contributed by atoms with Crippen molar-refractivity contribution in [3.8, 4) is 0 Å². The third kappa shape index (κ3) is 3.33. The molecule has 1 saturated heterocycles. The van der Waals surface area contributed by atoms with Crippen molar-refractivity contribution < 1.29 is 4.79 Å². The fraction of sp³-hybridized carbons (Fsp3) is 0.474. The number of aromatic nitrogens is 1. The zero-order valence-electron chi connectivity index (χ0n) is 13.6. The smallest absolute Gasteiger partial charge is 0.169 e. The molecule has 0 spiro atoms. The summed E-state index contributed by atoms with van der Waals surface area (Å²) in [6.07, 6.45) is 6.17. The molecule has 0 amide bonds. The van der Waals surface area contributed by atoms with Crippen molar-refractivity contribution in [2.75, 3.05) is 25.0 Å². The van der Waals surface area contributed by atoms with Gasteiger partial charge in [-0.2, -0.15) is 0 Å². The molecule has 4 rings (SSSR count). The number of nitrogens with zero attached hydrogens (tertiary/aromatic N) is 1. The molecular weight excluding hydrogens is 366 g/mol. The van der Waals surface area contributed by atoms with E-state index in [4.69, 9.17) is 0 Å². The molecular formula is C19H22BrN3O. The van der Waals surface area contributed by atoms with Crippen LogP contribution in [-0.4, -0.2) is 30.4 Å². The van der Waals surface area contributed by atoms with Crippen LogP contribution in [-0.2, 0) is 0 Å². The van der Waals surface area contributed by atoms with Gasteiger partial charge < -0.3 is 10.6 Å². The number of piperidine rings is 1. The maximum Gasteiger partial charge on any atom is 0.169 e. The summed E-state index contributed by atoms with van der Waals surface area (Å²) in [5.74, 6) is 1.11. The number of fused-ring (bicyclic) bond motifs is 1. The first-order valence-corrected chi connectivity index (χ1v) is 9.59. The third-order valence-electron chi connectivity index (χ3n) is 5.07. The van der Waals surface area contributed by atoms with Gasteiger partial charge in [0, 0.05) is 28.5 Å². The van der Waals surface area contributed by atoms with Gasteiger partial charge in [-0.1, -0.05) is 15.9 Å². The topological polar surface area (TPSA) is 54.0 Å². The van der Waals surface area contributed by atoms with E-state index in [0.29, 0.717) is 5.92 Å². The Labute approximate surface area is 150 Å². The van der Waals surface area contributed by atoms with Gasteiger partial charge in [0.05, 0.1) is 16.8 Å². The number of ketones is 1. The summed E-state index contributed by atoms with van der Waals surface area (Å²) < 4.78 is 1.01. The number of halogens is 1. The average Bonchev–Trinajstić information content (AvgIpc) is 3.45. The minimum Gasteiger partial charge on any atom is -0.384 e. The fourth-order valence-corrected chi connectivity index (χ4v) is 3.80. The second kappa shape index (κ2) is 6.81. The lowest BCUT2D eigenvalue weighted by Crippen LogP contribution is -2.31. The highest BCUT2D eigenvalue weighted by Crippen LogP contribution is 2.37. The summed E-state index contributed by atoms with van der Waals surface area (Å²) in [6, 6.07) is 6.06. The first kappa shape index (κ1) is 16.0. The standard InChI is InChI=1S/C19H22BrN3O/c20-14-3-4-17-15(9-14)18(23-10-12-5-7-21-8-6-12)16(11-22-17)19(24)13-1-2-13/h3-4,9,11-13,21H,1-2,5-8,10H2,(H,22,23). The first-order chi connectivity index (χ1) is 11.7. The van der Waals surface area contributed by atoms with Gasteiger partial charge in [-0.15, -0.1) is 0 Å². The van der Waals surface area contributed by atoms with Crippen molar-refractivity contribution >= 4 is 38.3 Å². The zero-order chi connectivity index (χ0) is 16.5. The monoisotopic (exact) mass is 387 g/mol. The van der Waals surface area contributed by atoms with Crippen molar-refractivity contribution in [1.29, 1.82) is 0 Å². The fourth-order valence-electron chi connectivity index (χ4n) is 3.44. The molecule has 1 aromatic heterocycles. The van der Waals surface area contributed by atoms with Gasteiger partial charge in [0.1, 0.15) is 0 Å². The van der Waals surface area contributed by atoms with Gasteiger partial charge in [-0.05, 0) is 62.9 Å². The van der Waals surface area contributed by atoms with E-state index in [1.165, 1.54) is 12.8 Å². The number of pyridine rings is 1. The molecule has 126 valence electrons. The molecule has 2 heterocycles. The van der Waals surface area contributed by atoms with Crippen LogP contribution in [0.3, 0.4) is 0 Å². The summed E-state index contributed by atoms with van der Waals surface area (Å²) in [5, 5.41) is 8.04. The minimum absolute atomic E-state index is 0.204. The summed E-state index contributed by atoms with van der Waals surface area (Å²) in [7, 11) is 0. The van der Waals surface area contributed by atoms with E-state index < -0.39 is 0 Å². The number of anilines is 1. The number of carbonyl (C=O) groups excluding carboxylic acids is 1. The van der Waals surface area contributed by atoms with Crippen molar-refractivity contribution in [1.82, 2.24) is 10.3 Å².